The van der Waals surface area contributed by atoms with Crippen molar-refractivity contribution < 1.29 is 5.11 Å². The first-order valence-corrected chi connectivity index (χ1v) is 17.9. The molecular formula is C46H40ClNO. The van der Waals surface area contributed by atoms with E-state index in [-0.39, 0.29) is 5.92 Å². The van der Waals surface area contributed by atoms with Gasteiger partial charge >= 0.3 is 0 Å². The first-order valence-electron chi connectivity index (χ1n) is 17.5. The number of hydrogen-bond donors (Lipinski definition) is 1. The fourth-order valence-corrected chi connectivity index (χ4v) is 8.38. The van der Waals surface area contributed by atoms with Gasteiger partial charge in [-0.15, -0.1) is 0 Å². The van der Waals surface area contributed by atoms with Crippen LogP contribution in [0.3, 0.4) is 0 Å². The second-order valence-corrected chi connectivity index (χ2v) is 14.0. The highest BCUT2D eigenvalue weighted by Crippen LogP contribution is 2.38. The van der Waals surface area contributed by atoms with Gasteiger partial charge in [0.05, 0.1) is 5.60 Å². The molecule has 6 aromatic rings. The summed E-state index contributed by atoms with van der Waals surface area (Å²) < 4.78 is 0. The summed E-state index contributed by atoms with van der Waals surface area (Å²) in [6, 6.07) is 46.9. The van der Waals surface area contributed by atoms with Crippen LogP contribution in [0.5, 0.6) is 0 Å². The molecule has 8 rings (SSSR count). The van der Waals surface area contributed by atoms with Gasteiger partial charge in [-0.2, -0.15) is 0 Å². The molecule has 1 N–H and O–H groups in total. The summed E-state index contributed by atoms with van der Waals surface area (Å²) in [5.41, 5.74) is 11.7. The summed E-state index contributed by atoms with van der Waals surface area (Å²) in [6.45, 7) is 0. The number of benzene rings is 5. The van der Waals surface area contributed by atoms with Crippen molar-refractivity contribution in [2.45, 2.75) is 56.5 Å². The number of hydrogen-bond acceptors (Lipinski definition) is 2. The molecule has 2 aliphatic rings. The zero-order valence-electron chi connectivity index (χ0n) is 27.7. The number of aromatic nitrogens is 1. The van der Waals surface area contributed by atoms with Gasteiger partial charge in [-0.3, -0.25) is 4.98 Å². The van der Waals surface area contributed by atoms with Gasteiger partial charge in [-0.05, 0) is 117 Å². The Hall–Kier alpha value is -4.76. The molecular weight excluding hydrogens is 618 g/mol. The first kappa shape index (κ1) is 31.5. The van der Waals surface area contributed by atoms with Gasteiger partial charge in [0.25, 0.3) is 0 Å². The van der Waals surface area contributed by atoms with Gasteiger partial charge in [0.2, 0.25) is 0 Å². The van der Waals surface area contributed by atoms with Crippen LogP contribution in [0.1, 0.15) is 70.7 Å². The molecule has 2 nitrogen and oxygen atoms in total. The van der Waals surface area contributed by atoms with Crippen LogP contribution in [0.2, 0.25) is 5.02 Å². The molecule has 2 unspecified atom stereocenters. The second kappa shape index (κ2) is 13.6. The van der Waals surface area contributed by atoms with Crippen molar-refractivity contribution in [2.24, 2.45) is 0 Å². The first-order chi connectivity index (χ1) is 24.1. The van der Waals surface area contributed by atoms with E-state index in [1.165, 1.54) is 49.4 Å². The summed E-state index contributed by atoms with van der Waals surface area (Å²) >= 11 is 6.18. The van der Waals surface area contributed by atoms with Crippen LogP contribution in [0.15, 0.2) is 140 Å². The van der Waals surface area contributed by atoms with Crippen LogP contribution in [0.25, 0.3) is 22.8 Å². The van der Waals surface area contributed by atoms with Gasteiger partial charge in [-0.25, -0.2) is 0 Å². The minimum absolute atomic E-state index is 0.254. The maximum Gasteiger partial charge on any atom is 0.0936 e. The van der Waals surface area contributed by atoms with Gasteiger partial charge in [-0.1, -0.05) is 133 Å². The maximum absolute atomic E-state index is 12.2. The zero-order valence-corrected chi connectivity index (χ0v) is 28.4. The highest BCUT2D eigenvalue weighted by Gasteiger charge is 2.31. The Morgan fingerprint density at radius 1 is 0.735 bits per heavy atom. The van der Waals surface area contributed by atoms with Crippen molar-refractivity contribution in [1.82, 2.24) is 4.98 Å². The topological polar surface area (TPSA) is 33.1 Å². The number of aryl methyl sites for hydroxylation is 1. The SMILES string of the molecule is OC(CCCc1ncccc1C1CCC(c2ccccc2)=c2c1ccc1c2=CCc2ccccc2-1)(Cc1ccc(Cl)cc1)c1ccccc1. The predicted octanol–water partition coefficient (Wildman–Crippen LogP) is 9.32. The van der Waals surface area contributed by atoms with Gasteiger partial charge in [0.15, 0.2) is 0 Å². The van der Waals surface area contributed by atoms with Gasteiger partial charge in [0.1, 0.15) is 0 Å². The standard InChI is InChI=1S/C46H40ClNO/c47-36-22-19-32(20-23-36)31-46(49,35-14-5-2-6-15-35)29-9-18-44-41(17-10-30-48-44)40-26-25-38(33-11-3-1-4-12-33)45-42-24-21-34-13-7-8-16-37(34)39(42)27-28-43(40)45/h1-8,10-17,19-20,22-24,27-28,30,40,49H,9,18,21,25-26,29,31H2. The molecule has 0 amide bonds. The highest BCUT2D eigenvalue weighted by atomic mass is 35.5. The fraction of sp³-hybridized carbons (Fsp3) is 0.196. The third-order valence-corrected chi connectivity index (χ3v) is 10.9. The summed E-state index contributed by atoms with van der Waals surface area (Å²) in [5.74, 6) is 0.254. The average molecular weight is 658 g/mol. The number of aliphatic hydroxyl groups is 1. The minimum Gasteiger partial charge on any atom is -0.385 e. The molecule has 5 aromatic carbocycles. The lowest BCUT2D eigenvalue weighted by molar-refractivity contribution is 0.0256. The summed E-state index contributed by atoms with van der Waals surface area (Å²) in [4.78, 5) is 5.00. The van der Waals surface area contributed by atoms with E-state index in [9.17, 15) is 5.11 Å². The summed E-state index contributed by atoms with van der Waals surface area (Å²) in [5, 5.41) is 15.7. The lowest BCUT2D eigenvalue weighted by Gasteiger charge is -2.30. The molecule has 242 valence electrons. The second-order valence-electron chi connectivity index (χ2n) is 13.6. The molecule has 1 heterocycles. The van der Waals surface area contributed by atoms with E-state index < -0.39 is 5.60 Å². The van der Waals surface area contributed by atoms with E-state index in [0.717, 1.165) is 48.9 Å². The third kappa shape index (κ3) is 6.28. The average Bonchev–Trinajstić information content (AvgIpc) is 3.16. The van der Waals surface area contributed by atoms with Gasteiger partial charge < -0.3 is 5.11 Å². The Morgan fingerprint density at radius 2 is 1.49 bits per heavy atom. The number of halogens is 1. The van der Waals surface area contributed by atoms with E-state index >= 15 is 0 Å². The Balaban J connectivity index is 1.15. The Labute approximate surface area is 294 Å². The van der Waals surface area contributed by atoms with Crippen molar-refractivity contribution in [2.75, 3.05) is 0 Å². The van der Waals surface area contributed by atoms with Crippen molar-refractivity contribution in [1.29, 1.82) is 0 Å². The van der Waals surface area contributed by atoms with E-state index in [0.29, 0.717) is 17.9 Å². The lowest BCUT2D eigenvalue weighted by atomic mass is 9.75. The van der Waals surface area contributed by atoms with Crippen molar-refractivity contribution in [3.8, 4) is 11.1 Å². The Kier molecular flexibility index (Phi) is 8.76. The summed E-state index contributed by atoms with van der Waals surface area (Å²) in [7, 11) is 0. The van der Waals surface area contributed by atoms with Crippen LogP contribution in [-0.2, 0) is 24.9 Å². The molecule has 1 aromatic heterocycles. The molecule has 2 atom stereocenters. The number of rotatable bonds is 9. The molecule has 49 heavy (non-hydrogen) atoms. The Morgan fingerprint density at radius 3 is 2.31 bits per heavy atom. The zero-order chi connectivity index (χ0) is 33.2. The van der Waals surface area contributed by atoms with Crippen LogP contribution in [-0.4, -0.2) is 10.1 Å². The lowest BCUT2D eigenvalue weighted by Crippen LogP contribution is -2.38. The largest absolute Gasteiger partial charge is 0.385 e. The third-order valence-electron chi connectivity index (χ3n) is 10.6. The van der Waals surface area contributed by atoms with Crippen LogP contribution >= 0.6 is 11.6 Å². The molecule has 3 heteroatoms. The predicted molar refractivity (Wildman–Crippen MR) is 202 cm³/mol. The monoisotopic (exact) mass is 657 g/mol. The molecule has 0 bridgehead atoms. The number of pyridine rings is 1. The molecule has 2 aliphatic carbocycles. The molecule has 0 fully saturated rings. The quantitative estimate of drug-likeness (QED) is 0.168. The van der Waals surface area contributed by atoms with Crippen LogP contribution < -0.4 is 10.4 Å². The van der Waals surface area contributed by atoms with Crippen molar-refractivity contribution in [3.63, 3.8) is 0 Å². The number of fused-ring (bicyclic) bond motifs is 5. The Bertz CT molecular complexity index is 2230. The van der Waals surface area contributed by atoms with Crippen molar-refractivity contribution >= 4 is 23.3 Å². The molecule has 0 spiro atoms. The molecule has 0 aliphatic heterocycles. The molecule has 0 saturated heterocycles. The van der Waals surface area contributed by atoms with E-state index in [4.69, 9.17) is 16.6 Å². The van der Waals surface area contributed by atoms with Gasteiger partial charge in [0, 0.05) is 29.3 Å². The smallest absolute Gasteiger partial charge is 0.0936 e. The maximum atomic E-state index is 12.2. The van der Waals surface area contributed by atoms with Crippen LogP contribution in [0, 0.1) is 0 Å². The van der Waals surface area contributed by atoms with E-state index in [1.54, 1.807) is 0 Å². The minimum atomic E-state index is -0.994. The molecule has 0 saturated carbocycles. The molecule has 0 radical (unpaired) electrons. The van der Waals surface area contributed by atoms with E-state index in [2.05, 4.69) is 84.9 Å². The number of nitrogens with zero attached hydrogens (tertiary/aromatic N) is 1. The fourth-order valence-electron chi connectivity index (χ4n) is 8.25. The van der Waals surface area contributed by atoms with Crippen molar-refractivity contribution in [3.05, 3.63) is 194 Å². The highest BCUT2D eigenvalue weighted by molar-refractivity contribution is 6.30. The van der Waals surface area contributed by atoms with Crippen LogP contribution in [0.4, 0.5) is 0 Å². The summed E-state index contributed by atoms with van der Waals surface area (Å²) in [6.07, 6.45) is 10.2. The van der Waals surface area contributed by atoms with E-state index in [1.807, 2.05) is 60.8 Å². The normalized spacial score (nSPS) is 16.1.